The topological polar surface area (TPSA) is 37.1 Å². The van der Waals surface area contributed by atoms with Crippen molar-refractivity contribution in [3.05, 3.63) is 0 Å². The van der Waals surface area contributed by atoms with E-state index in [1.165, 1.54) is 44.9 Å². The summed E-state index contributed by atoms with van der Waals surface area (Å²) in [5.41, 5.74) is 0. The Bertz CT molecular complexity index is 307. The zero-order valence-corrected chi connectivity index (χ0v) is 13.9. The Hall–Kier alpha value is -0.730. The zero-order valence-electron chi connectivity index (χ0n) is 13.9. The summed E-state index contributed by atoms with van der Waals surface area (Å²) in [6.45, 7) is 9.97. The average molecular weight is 279 g/mol. The van der Waals surface area contributed by atoms with E-state index < -0.39 is 0 Å². The molecule has 3 nitrogen and oxygen atoms in total. The molecule has 3 heteroatoms. The maximum Gasteiger partial charge on any atom is 0.152 e. The molecule has 0 aliphatic carbocycles. The number of azo groups is 1. The van der Waals surface area contributed by atoms with E-state index in [-0.39, 0.29) is 0 Å². The number of amidine groups is 1. The van der Waals surface area contributed by atoms with Crippen molar-refractivity contribution in [2.75, 3.05) is 6.67 Å². The molecule has 116 valence electrons. The van der Waals surface area contributed by atoms with Crippen LogP contribution in [0.2, 0.25) is 0 Å². The lowest BCUT2D eigenvalue weighted by Gasteiger charge is -2.14. The number of nitrogens with zero attached hydrogens (tertiary/aromatic N) is 3. The normalized spacial score (nSPS) is 17.6. The van der Waals surface area contributed by atoms with Crippen LogP contribution in [0.1, 0.15) is 79.1 Å². The van der Waals surface area contributed by atoms with Gasteiger partial charge in [-0.25, -0.2) is 4.99 Å². The summed E-state index contributed by atoms with van der Waals surface area (Å²) >= 11 is 0. The zero-order chi connectivity index (χ0) is 14.8. The van der Waals surface area contributed by atoms with Gasteiger partial charge in [-0.2, -0.15) is 5.11 Å². The quantitative estimate of drug-likeness (QED) is 0.454. The van der Waals surface area contributed by atoms with Crippen molar-refractivity contribution in [2.24, 2.45) is 33.0 Å². The second kappa shape index (κ2) is 10.1. The van der Waals surface area contributed by atoms with Crippen LogP contribution in [0, 0.1) is 17.8 Å². The fourth-order valence-corrected chi connectivity index (χ4v) is 2.74. The van der Waals surface area contributed by atoms with Crippen LogP contribution in [0.4, 0.5) is 0 Å². The Kier molecular flexibility index (Phi) is 8.72. The van der Waals surface area contributed by atoms with Gasteiger partial charge >= 0.3 is 0 Å². The molecule has 0 saturated heterocycles. The Labute approximate surface area is 125 Å². The molecular formula is C17H33N3. The SMILES string of the molecule is CC(C)CCCC(C)CCCC(C)CCC1=NCN=N1. The molecule has 0 aromatic rings. The van der Waals surface area contributed by atoms with E-state index in [0.717, 1.165) is 30.0 Å². The molecule has 0 bridgehead atoms. The smallest absolute Gasteiger partial charge is 0.152 e. The van der Waals surface area contributed by atoms with Gasteiger partial charge in [0.25, 0.3) is 0 Å². The average Bonchev–Trinajstić information content (AvgIpc) is 2.89. The van der Waals surface area contributed by atoms with Crippen LogP contribution in [0.25, 0.3) is 0 Å². The van der Waals surface area contributed by atoms with E-state index in [4.69, 9.17) is 0 Å². The molecule has 2 unspecified atom stereocenters. The second-order valence-electron chi connectivity index (χ2n) is 6.96. The van der Waals surface area contributed by atoms with E-state index in [2.05, 4.69) is 42.9 Å². The first-order chi connectivity index (χ1) is 9.58. The first-order valence-electron chi connectivity index (χ1n) is 8.48. The van der Waals surface area contributed by atoms with Gasteiger partial charge in [0.2, 0.25) is 0 Å². The van der Waals surface area contributed by atoms with Crippen LogP contribution in [-0.4, -0.2) is 12.5 Å². The molecule has 1 aliphatic rings. The molecule has 0 aromatic heterocycles. The molecule has 0 fully saturated rings. The Balaban J connectivity index is 1.97. The molecule has 1 aliphatic heterocycles. The van der Waals surface area contributed by atoms with Crippen molar-refractivity contribution >= 4 is 5.84 Å². The van der Waals surface area contributed by atoms with Gasteiger partial charge in [-0.1, -0.05) is 66.2 Å². The van der Waals surface area contributed by atoms with Gasteiger partial charge in [0.05, 0.1) is 0 Å². The van der Waals surface area contributed by atoms with E-state index in [1.54, 1.807) is 0 Å². The lowest BCUT2D eigenvalue weighted by atomic mass is 9.92. The summed E-state index contributed by atoms with van der Waals surface area (Å²) in [4.78, 5) is 4.25. The standard InChI is InChI=1S/C17H33N3/c1-14(2)7-5-8-15(3)9-6-10-16(4)11-12-17-18-13-19-20-17/h14-16H,5-13H2,1-4H3. The Morgan fingerprint density at radius 1 is 0.850 bits per heavy atom. The summed E-state index contributed by atoms with van der Waals surface area (Å²) in [6, 6.07) is 0. The fraction of sp³-hybridized carbons (Fsp3) is 0.941. The highest BCUT2D eigenvalue weighted by atomic mass is 15.2. The van der Waals surface area contributed by atoms with Gasteiger partial charge in [-0.3, -0.25) is 0 Å². The number of aliphatic imine (C=N–C) groups is 1. The highest BCUT2D eigenvalue weighted by Crippen LogP contribution is 2.21. The third-order valence-corrected chi connectivity index (χ3v) is 4.24. The predicted octanol–water partition coefficient (Wildman–Crippen LogP) is 5.86. The number of hydrogen-bond donors (Lipinski definition) is 0. The number of rotatable bonds is 11. The minimum atomic E-state index is 0.553. The van der Waals surface area contributed by atoms with Crippen LogP contribution >= 0.6 is 0 Å². The highest BCUT2D eigenvalue weighted by molar-refractivity contribution is 5.83. The van der Waals surface area contributed by atoms with E-state index in [9.17, 15) is 0 Å². The molecule has 0 radical (unpaired) electrons. The van der Waals surface area contributed by atoms with Gasteiger partial charge in [0.15, 0.2) is 6.67 Å². The first kappa shape index (κ1) is 17.3. The number of hydrogen-bond acceptors (Lipinski definition) is 3. The predicted molar refractivity (Wildman–Crippen MR) is 87.3 cm³/mol. The lowest BCUT2D eigenvalue weighted by Crippen LogP contribution is -2.02. The maximum absolute atomic E-state index is 4.25. The molecule has 0 N–H and O–H groups in total. The molecule has 0 amide bonds. The lowest BCUT2D eigenvalue weighted by molar-refractivity contribution is 0.394. The maximum atomic E-state index is 4.25. The van der Waals surface area contributed by atoms with Crippen molar-refractivity contribution < 1.29 is 0 Å². The minimum absolute atomic E-state index is 0.553. The van der Waals surface area contributed by atoms with E-state index >= 15 is 0 Å². The molecule has 1 heterocycles. The third-order valence-electron chi connectivity index (χ3n) is 4.24. The molecular weight excluding hydrogens is 246 g/mol. The van der Waals surface area contributed by atoms with Gasteiger partial charge in [0.1, 0.15) is 5.84 Å². The summed E-state index contributed by atoms with van der Waals surface area (Å²) in [7, 11) is 0. The van der Waals surface area contributed by atoms with Gasteiger partial charge in [-0.15, -0.1) is 5.11 Å². The van der Waals surface area contributed by atoms with Gasteiger partial charge in [-0.05, 0) is 24.2 Å². The summed E-state index contributed by atoms with van der Waals surface area (Å²) in [5, 5.41) is 7.93. The Morgan fingerprint density at radius 2 is 1.45 bits per heavy atom. The van der Waals surface area contributed by atoms with Crippen LogP contribution in [-0.2, 0) is 0 Å². The third kappa shape index (κ3) is 8.44. The van der Waals surface area contributed by atoms with Crippen molar-refractivity contribution in [1.82, 2.24) is 0 Å². The van der Waals surface area contributed by atoms with Gasteiger partial charge in [0, 0.05) is 6.42 Å². The summed E-state index contributed by atoms with van der Waals surface area (Å²) < 4.78 is 0. The molecule has 0 spiro atoms. The highest BCUT2D eigenvalue weighted by Gasteiger charge is 2.09. The second-order valence-corrected chi connectivity index (χ2v) is 6.96. The fourth-order valence-electron chi connectivity index (χ4n) is 2.74. The van der Waals surface area contributed by atoms with Crippen molar-refractivity contribution in [2.45, 2.75) is 79.1 Å². The van der Waals surface area contributed by atoms with E-state index in [1.807, 2.05) is 0 Å². The van der Waals surface area contributed by atoms with Crippen LogP contribution in [0.15, 0.2) is 15.2 Å². The molecule has 0 aromatic carbocycles. The van der Waals surface area contributed by atoms with Crippen LogP contribution in [0.5, 0.6) is 0 Å². The van der Waals surface area contributed by atoms with Gasteiger partial charge < -0.3 is 0 Å². The van der Waals surface area contributed by atoms with Crippen LogP contribution < -0.4 is 0 Å². The molecule has 2 atom stereocenters. The van der Waals surface area contributed by atoms with E-state index in [0.29, 0.717) is 6.67 Å². The molecule has 20 heavy (non-hydrogen) atoms. The molecule has 0 saturated carbocycles. The summed E-state index contributed by atoms with van der Waals surface area (Å²) in [5.74, 6) is 3.50. The Morgan fingerprint density at radius 3 is 2.00 bits per heavy atom. The minimum Gasteiger partial charge on any atom is -0.243 e. The monoisotopic (exact) mass is 279 g/mol. The van der Waals surface area contributed by atoms with Crippen molar-refractivity contribution in [3.63, 3.8) is 0 Å². The first-order valence-corrected chi connectivity index (χ1v) is 8.48. The largest absolute Gasteiger partial charge is 0.243 e. The van der Waals surface area contributed by atoms with Crippen molar-refractivity contribution in [1.29, 1.82) is 0 Å². The van der Waals surface area contributed by atoms with Crippen LogP contribution in [0.3, 0.4) is 0 Å². The van der Waals surface area contributed by atoms with Crippen molar-refractivity contribution in [3.8, 4) is 0 Å². The summed E-state index contributed by atoms with van der Waals surface area (Å²) in [6.07, 6.45) is 10.5. The molecule has 1 rings (SSSR count).